The Morgan fingerprint density at radius 3 is 1.78 bits per heavy atom. The van der Waals surface area contributed by atoms with Gasteiger partial charge in [-0.15, -0.1) is 0 Å². The Labute approximate surface area is 166 Å². The first-order chi connectivity index (χ1) is 13.4. The van der Waals surface area contributed by atoms with E-state index in [4.69, 9.17) is 4.74 Å². The highest BCUT2D eigenvalue weighted by molar-refractivity contribution is 5.73. The molecule has 0 spiro atoms. The minimum Gasteiger partial charge on any atom is -0.477 e. The van der Waals surface area contributed by atoms with Crippen LogP contribution in [0.4, 0.5) is 0 Å². The van der Waals surface area contributed by atoms with Gasteiger partial charge < -0.3 is 4.74 Å². The number of hydrogen-bond donors (Lipinski definition) is 0. The van der Waals surface area contributed by atoms with Gasteiger partial charge in [0.15, 0.2) is 0 Å². The van der Waals surface area contributed by atoms with E-state index in [0.717, 1.165) is 24.1 Å². The smallest absolute Gasteiger partial charge is 0.232 e. The van der Waals surface area contributed by atoms with Gasteiger partial charge >= 0.3 is 0 Å². The van der Waals surface area contributed by atoms with E-state index >= 15 is 0 Å². The Kier molecular flexibility index (Phi) is 11.6. The first-order valence-corrected chi connectivity index (χ1v) is 11.2. The lowest BCUT2D eigenvalue weighted by Crippen LogP contribution is -2.00. The summed E-state index contributed by atoms with van der Waals surface area (Å²) in [5.74, 6) is 0.642. The summed E-state index contributed by atoms with van der Waals surface area (Å²) >= 11 is 0. The van der Waals surface area contributed by atoms with Crippen LogP contribution < -0.4 is 4.74 Å². The van der Waals surface area contributed by atoms with Gasteiger partial charge in [-0.3, -0.25) is 0 Å². The van der Waals surface area contributed by atoms with Gasteiger partial charge in [0.1, 0.15) is 0 Å². The molecule has 0 unspecified atom stereocenters. The van der Waals surface area contributed by atoms with Gasteiger partial charge in [0.2, 0.25) is 5.88 Å². The van der Waals surface area contributed by atoms with Crippen molar-refractivity contribution in [2.45, 2.75) is 96.8 Å². The molecule has 2 aromatic rings. The van der Waals surface area contributed by atoms with Crippen molar-refractivity contribution < 1.29 is 4.74 Å². The quantitative estimate of drug-likeness (QED) is 0.287. The second kappa shape index (κ2) is 14.4. The third kappa shape index (κ3) is 9.74. The molecule has 0 fully saturated rings. The molecule has 0 bridgehead atoms. The third-order valence-electron chi connectivity index (χ3n) is 5.17. The SMILES string of the molecule is CCCCCCCCCCCCCCCCOc1cnc2ccccc2n1. The Hall–Kier alpha value is -1.64. The predicted octanol–water partition coefficient (Wildman–Crippen LogP) is 7.49. The molecular formula is C24H38N2O. The van der Waals surface area contributed by atoms with Crippen molar-refractivity contribution >= 4 is 11.0 Å². The monoisotopic (exact) mass is 370 g/mol. The summed E-state index contributed by atoms with van der Waals surface area (Å²) in [6.45, 7) is 3.03. The van der Waals surface area contributed by atoms with Crippen molar-refractivity contribution in [3.8, 4) is 5.88 Å². The molecule has 0 aliphatic rings. The van der Waals surface area contributed by atoms with Crippen LogP contribution in [0.15, 0.2) is 30.5 Å². The van der Waals surface area contributed by atoms with Gasteiger partial charge in [-0.1, -0.05) is 103 Å². The molecule has 0 radical (unpaired) electrons. The zero-order valence-corrected chi connectivity index (χ0v) is 17.3. The molecule has 0 amide bonds. The normalized spacial score (nSPS) is 11.1. The Bertz CT molecular complexity index is 614. The summed E-state index contributed by atoms with van der Waals surface area (Å²) in [6.07, 6.45) is 21.0. The fourth-order valence-electron chi connectivity index (χ4n) is 3.48. The van der Waals surface area contributed by atoms with Gasteiger partial charge in [-0.2, -0.15) is 0 Å². The lowest BCUT2D eigenvalue weighted by Gasteiger charge is -2.06. The van der Waals surface area contributed by atoms with E-state index in [2.05, 4.69) is 16.9 Å². The number of aromatic nitrogens is 2. The zero-order valence-electron chi connectivity index (χ0n) is 17.3. The van der Waals surface area contributed by atoms with Crippen LogP contribution in [0.2, 0.25) is 0 Å². The predicted molar refractivity (Wildman–Crippen MR) is 115 cm³/mol. The summed E-state index contributed by atoms with van der Waals surface area (Å²) in [4.78, 5) is 8.88. The summed E-state index contributed by atoms with van der Waals surface area (Å²) < 4.78 is 5.75. The average molecular weight is 371 g/mol. The van der Waals surface area contributed by atoms with Crippen molar-refractivity contribution in [2.24, 2.45) is 0 Å². The average Bonchev–Trinajstić information content (AvgIpc) is 2.71. The molecule has 1 heterocycles. The summed E-state index contributed by atoms with van der Waals surface area (Å²) in [5, 5.41) is 0. The van der Waals surface area contributed by atoms with Crippen LogP contribution in [0, 0.1) is 0 Å². The number of benzene rings is 1. The molecule has 1 aromatic carbocycles. The molecule has 27 heavy (non-hydrogen) atoms. The molecule has 0 saturated carbocycles. The number of unbranched alkanes of at least 4 members (excludes halogenated alkanes) is 13. The Morgan fingerprint density at radius 2 is 1.19 bits per heavy atom. The van der Waals surface area contributed by atoms with Gasteiger partial charge in [0, 0.05) is 0 Å². The molecule has 3 nitrogen and oxygen atoms in total. The minimum atomic E-state index is 0.642. The number of ether oxygens (including phenoxy) is 1. The van der Waals surface area contributed by atoms with E-state index in [9.17, 15) is 0 Å². The molecule has 1 aromatic heterocycles. The van der Waals surface area contributed by atoms with Crippen molar-refractivity contribution in [3.05, 3.63) is 30.5 Å². The second-order valence-electron chi connectivity index (χ2n) is 7.64. The summed E-state index contributed by atoms with van der Waals surface area (Å²) in [6, 6.07) is 7.90. The fraction of sp³-hybridized carbons (Fsp3) is 0.667. The van der Waals surface area contributed by atoms with Crippen LogP contribution in [0.1, 0.15) is 96.8 Å². The fourth-order valence-corrected chi connectivity index (χ4v) is 3.48. The van der Waals surface area contributed by atoms with Gasteiger partial charge in [0.05, 0.1) is 23.8 Å². The molecule has 2 rings (SSSR count). The van der Waals surface area contributed by atoms with E-state index < -0.39 is 0 Å². The number of rotatable bonds is 16. The van der Waals surface area contributed by atoms with E-state index in [1.165, 1.54) is 83.5 Å². The van der Waals surface area contributed by atoms with E-state index in [0.29, 0.717) is 5.88 Å². The number of hydrogen-bond acceptors (Lipinski definition) is 3. The summed E-state index contributed by atoms with van der Waals surface area (Å²) in [5.41, 5.74) is 1.82. The third-order valence-corrected chi connectivity index (χ3v) is 5.17. The van der Waals surface area contributed by atoms with Crippen LogP contribution >= 0.6 is 0 Å². The summed E-state index contributed by atoms with van der Waals surface area (Å²) in [7, 11) is 0. The molecule has 150 valence electrons. The lowest BCUT2D eigenvalue weighted by molar-refractivity contribution is 0.293. The van der Waals surface area contributed by atoms with Gasteiger partial charge in [-0.05, 0) is 18.6 Å². The standard InChI is InChI=1S/C24H38N2O/c1-2-3-4-5-6-7-8-9-10-11-12-13-14-17-20-27-24-21-25-22-18-15-16-19-23(22)26-24/h15-16,18-19,21H,2-14,17,20H2,1H3. The second-order valence-corrected chi connectivity index (χ2v) is 7.64. The number of nitrogens with zero attached hydrogens (tertiary/aromatic N) is 2. The van der Waals surface area contributed by atoms with Crippen molar-refractivity contribution in [3.63, 3.8) is 0 Å². The van der Waals surface area contributed by atoms with Crippen molar-refractivity contribution in [1.29, 1.82) is 0 Å². The first kappa shape index (κ1) is 21.7. The molecule has 3 heteroatoms. The molecule has 0 aliphatic heterocycles. The van der Waals surface area contributed by atoms with Crippen LogP contribution in [0.3, 0.4) is 0 Å². The maximum Gasteiger partial charge on any atom is 0.232 e. The van der Waals surface area contributed by atoms with E-state index in [1.807, 2.05) is 24.3 Å². The van der Waals surface area contributed by atoms with Crippen LogP contribution in [0.25, 0.3) is 11.0 Å². The topological polar surface area (TPSA) is 35.0 Å². The van der Waals surface area contributed by atoms with Crippen molar-refractivity contribution in [2.75, 3.05) is 6.61 Å². The number of para-hydroxylation sites is 2. The molecule has 0 aliphatic carbocycles. The van der Waals surface area contributed by atoms with E-state index in [1.54, 1.807) is 6.20 Å². The lowest BCUT2D eigenvalue weighted by atomic mass is 10.0. The largest absolute Gasteiger partial charge is 0.477 e. The molecule has 0 N–H and O–H groups in total. The minimum absolute atomic E-state index is 0.642. The van der Waals surface area contributed by atoms with Crippen molar-refractivity contribution in [1.82, 2.24) is 9.97 Å². The van der Waals surface area contributed by atoms with E-state index in [-0.39, 0.29) is 0 Å². The van der Waals surface area contributed by atoms with Gasteiger partial charge in [0.25, 0.3) is 0 Å². The molecule has 0 atom stereocenters. The Balaban J connectivity index is 1.37. The van der Waals surface area contributed by atoms with Crippen LogP contribution in [-0.2, 0) is 0 Å². The van der Waals surface area contributed by atoms with Gasteiger partial charge in [-0.25, -0.2) is 9.97 Å². The maximum atomic E-state index is 5.75. The zero-order chi connectivity index (χ0) is 19.0. The molecular weight excluding hydrogens is 332 g/mol. The highest BCUT2D eigenvalue weighted by Crippen LogP contribution is 2.15. The highest BCUT2D eigenvalue weighted by Gasteiger charge is 2.00. The highest BCUT2D eigenvalue weighted by atomic mass is 16.5. The number of fused-ring (bicyclic) bond motifs is 1. The first-order valence-electron chi connectivity index (χ1n) is 11.2. The molecule has 0 saturated heterocycles. The maximum absolute atomic E-state index is 5.75. The van der Waals surface area contributed by atoms with Crippen LogP contribution in [0.5, 0.6) is 5.88 Å². The van der Waals surface area contributed by atoms with Crippen LogP contribution in [-0.4, -0.2) is 16.6 Å². The Morgan fingerprint density at radius 1 is 0.667 bits per heavy atom.